The summed E-state index contributed by atoms with van der Waals surface area (Å²) in [7, 11) is 0. The number of hydrogen-bond donors (Lipinski definition) is 2. The number of β-amino-alcohol motifs (C(OH)–C–C–N with tert-alkyl or cyclic N) is 2. The Morgan fingerprint density at radius 1 is 1.06 bits per heavy atom. The average molecular weight is 241 g/mol. The second-order valence-corrected chi connectivity index (χ2v) is 5.97. The van der Waals surface area contributed by atoms with Crippen LogP contribution in [0.15, 0.2) is 0 Å². The third-order valence-electron chi connectivity index (χ3n) is 4.79. The van der Waals surface area contributed by atoms with Gasteiger partial charge in [-0.2, -0.15) is 0 Å². The number of ether oxygens (including phenoxy) is 1. The lowest BCUT2D eigenvalue weighted by atomic mass is 9.88. The van der Waals surface area contributed by atoms with Crippen molar-refractivity contribution in [1.29, 1.82) is 0 Å². The normalized spacial score (nSPS) is 42.4. The fraction of sp³-hybridized carbons (Fsp3) is 1.00. The molecule has 98 valence electrons. The maximum absolute atomic E-state index is 9.63. The summed E-state index contributed by atoms with van der Waals surface area (Å²) in [6.07, 6.45) is 5.99. The first kappa shape index (κ1) is 11.9. The van der Waals surface area contributed by atoms with Crippen LogP contribution in [0.4, 0.5) is 0 Å². The second kappa shape index (κ2) is 4.50. The van der Waals surface area contributed by atoms with Crippen LogP contribution < -0.4 is 0 Å². The van der Waals surface area contributed by atoms with Crippen LogP contribution >= 0.6 is 0 Å². The van der Waals surface area contributed by atoms with Crippen LogP contribution in [0.5, 0.6) is 0 Å². The number of likely N-dealkylation sites (tertiary alicyclic amines) is 1. The van der Waals surface area contributed by atoms with Gasteiger partial charge in [-0.15, -0.1) is 0 Å². The van der Waals surface area contributed by atoms with E-state index >= 15 is 0 Å². The van der Waals surface area contributed by atoms with E-state index in [0.717, 1.165) is 19.4 Å². The molecule has 0 radical (unpaired) electrons. The lowest BCUT2D eigenvalue weighted by Gasteiger charge is -2.41. The van der Waals surface area contributed by atoms with E-state index in [1.54, 1.807) is 0 Å². The molecule has 2 N–H and O–H groups in total. The molecule has 3 aliphatic rings. The number of hydrogen-bond acceptors (Lipinski definition) is 4. The zero-order valence-electron chi connectivity index (χ0n) is 10.3. The van der Waals surface area contributed by atoms with E-state index in [-0.39, 0.29) is 5.60 Å². The highest BCUT2D eigenvalue weighted by molar-refractivity contribution is 4.97. The molecule has 3 atom stereocenters. The van der Waals surface area contributed by atoms with Crippen molar-refractivity contribution in [2.24, 2.45) is 0 Å². The lowest BCUT2D eigenvalue weighted by Crippen LogP contribution is -2.47. The average Bonchev–Trinajstić information content (AvgIpc) is 2.88. The van der Waals surface area contributed by atoms with Gasteiger partial charge in [0.15, 0.2) is 0 Å². The van der Waals surface area contributed by atoms with Crippen molar-refractivity contribution >= 4 is 0 Å². The molecule has 2 saturated heterocycles. The van der Waals surface area contributed by atoms with Crippen molar-refractivity contribution < 1.29 is 14.9 Å². The van der Waals surface area contributed by atoms with Crippen molar-refractivity contribution in [2.45, 2.75) is 62.4 Å². The fourth-order valence-electron chi connectivity index (χ4n) is 3.78. The summed E-state index contributed by atoms with van der Waals surface area (Å²) in [5.41, 5.74) is 0.126. The Morgan fingerprint density at radius 2 is 1.71 bits per heavy atom. The van der Waals surface area contributed by atoms with E-state index in [2.05, 4.69) is 4.90 Å². The van der Waals surface area contributed by atoms with Gasteiger partial charge in [-0.25, -0.2) is 0 Å². The van der Waals surface area contributed by atoms with Crippen LogP contribution in [0.3, 0.4) is 0 Å². The van der Waals surface area contributed by atoms with Gasteiger partial charge in [0.05, 0.1) is 17.8 Å². The van der Waals surface area contributed by atoms with E-state index in [0.29, 0.717) is 19.1 Å². The predicted molar refractivity (Wildman–Crippen MR) is 63.8 cm³/mol. The van der Waals surface area contributed by atoms with Gasteiger partial charge in [0.1, 0.15) is 0 Å². The minimum Gasteiger partial charge on any atom is -0.389 e. The van der Waals surface area contributed by atoms with Crippen LogP contribution in [0, 0.1) is 0 Å². The van der Waals surface area contributed by atoms with Crippen LogP contribution in [0.2, 0.25) is 0 Å². The van der Waals surface area contributed by atoms with Gasteiger partial charge in [0.2, 0.25) is 0 Å². The molecule has 2 heterocycles. The van der Waals surface area contributed by atoms with Gasteiger partial charge in [0, 0.05) is 25.7 Å². The molecule has 0 aromatic rings. The molecule has 3 unspecified atom stereocenters. The number of aliphatic hydroxyl groups is 2. The molecule has 0 bridgehead atoms. The molecule has 0 amide bonds. The molecule has 1 saturated carbocycles. The summed E-state index contributed by atoms with van der Waals surface area (Å²) in [6, 6.07) is 0.494. The van der Waals surface area contributed by atoms with Gasteiger partial charge in [-0.05, 0) is 25.7 Å². The number of rotatable bonds is 1. The Balaban J connectivity index is 1.64. The third-order valence-corrected chi connectivity index (χ3v) is 4.79. The zero-order chi connectivity index (χ0) is 11.9. The third kappa shape index (κ3) is 2.24. The molecule has 2 aliphatic heterocycles. The lowest BCUT2D eigenvalue weighted by molar-refractivity contribution is -0.100. The predicted octanol–water partition coefficient (Wildman–Crippen LogP) is 0.516. The molecular weight excluding hydrogens is 218 g/mol. The second-order valence-electron chi connectivity index (χ2n) is 5.97. The summed E-state index contributed by atoms with van der Waals surface area (Å²) >= 11 is 0. The summed E-state index contributed by atoms with van der Waals surface area (Å²) < 4.78 is 6.02. The van der Waals surface area contributed by atoms with Crippen LogP contribution in [0.25, 0.3) is 0 Å². The fourth-order valence-corrected chi connectivity index (χ4v) is 3.78. The SMILES string of the molecule is OC1CN(C2CCOC3(CCCC3)C2)CC1O. The van der Waals surface area contributed by atoms with Crippen molar-refractivity contribution in [3.8, 4) is 0 Å². The van der Waals surface area contributed by atoms with Crippen molar-refractivity contribution in [2.75, 3.05) is 19.7 Å². The summed E-state index contributed by atoms with van der Waals surface area (Å²) in [6.45, 7) is 2.09. The van der Waals surface area contributed by atoms with Crippen molar-refractivity contribution in [3.05, 3.63) is 0 Å². The molecule has 1 spiro atoms. The monoisotopic (exact) mass is 241 g/mol. The van der Waals surface area contributed by atoms with Crippen molar-refractivity contribution in [1.82, 2.24) is 4.90 Å². The van der Waals surface area contributed by atoms with Crippen molar-refractivity contribution in [3.63, 3.8) is 0 Å². The van der Waals surface area contributed by atoms with Gasteiger partial charge in [-0.1, -0.05) is 12.8 Å². The highest BCUT2D eigenvalue weighted by Crippen LogP contribution is 2.41. The summed E-state index contributed by atoms with van der Waals surface area (Å²) in [4.78, 5) is 2.26. The highest BCUT2D eigenvalue weighted by Gasteiger charge is 2.43. The number of nitrogens with zero attached hydrogens (tertiary/aromatic N) is 1. The molecule has 3 rings (SSSR count). The maximum atomic E-state index is 9.63. The van der Waals surface area contributed by atoms with Crippen LogP contribution in [-0.2, 0) is 4.74 Å². The Bertz CT molecular complexity index is 268. The van der Waals surface area contributed by atoms with Gasteiger partial charge < -0.3 is 14.9 Å². The molecule has 1 aliphatic carbocycles. The molecule has 0 aromatic carbocycles. The van der Waals surface area contributed by atoms with E-state index in [4.69, 9.17) is 4.74 Å². The minimum atomic E-state index is -0.558. The Morgan fingerprint density at radius 3 is 2.35 bits per heavy atom. The van der Waals surface area contributed by atoms with E-state index in [9.17, 15) is 10.2 Å². The molecule has 17 heavy (non-hydrogen) atoms. The molecule has 4 nitrogen and oxygen atoms in total. The number of aliphatic hydroxyl groups excluding tert-OH is 2. The largest absolute Gasteiger partial charge is 0.389 e. The Hall–Kier alpha value is -0.160. The van der Waals surface area contributed by atoms with Gasteiger partial charge >= 0.3 is 0 Å². The highest BCUT2D eigenvalue weighted by atomic mass is 16.5. The van der Waals surface area contributed by atoms with Gasteiger partial charge in [-0.3, -0.25) is 4.90 Å². The standard InChI is InChI=1S/C13H23NO3/c15-11-8-14(9-12(11)16)10-3-6-17-13(7-10)4-1-2-5-13/h10-12,15-16H,1-9H2. The van der Waals surface area contributed by atoms with Gasteiger partial charge in [0.25, 0.3) is 0 Å². The first-order valence-corrected chi connectivity index (χ1v) is 6.93. The molecule has 3 fully saturated rings. The van der Waals surface area contributed by atoms with E-state index < -0.39 is 12.2 Å². The zero-order valence-corrected chi connectivity index (χ0v) is 10.3. The summed E-state index contributed by atoms with van der Waals surface area (Å²) in [5.74, 6) is 0. The topological polar surface area (TPSA) is 52.9 Å². The van der Waals surface area contributed by atoms with Crippen LogP contribution in [0.1, 0.15) is 38.5 Å². The summed E-state index contributed by atoms with van der Waals surface area (Å²) in [5, 5.41) is 19.3. The Labute approximate surface area is 103 Å². The molecule has 0 aromatic heterocycles. The van der Waals surface area contributed by atoms with Crippen LogP contribution in [-0.4, -0.2) is 58.7 Å². The first-order chi connectivity index (χ1) is 8.19. The Kier molecular flexibility index (Phi) is 3.15. The quantitative estimate of drug-likeness (QED) is 0.702. The smallest absolute Gasteiger partial charge is 0.0938 e. The maximum Gasteiger partial charge on any atom is 0.0938 e. The molecular formula is C13H23NO3. The minimum absolute atomic E-state index is 0.126. The van der Waals surface area contributed by atoms with E-state index in [1.165, 1.54) is 25.7 Å². The first-order valence-electron chi connectivity index (χ1n) is 6.93. The molecule has 4 heteroatoms. The van der Waals surface area contributed by atoms with E-state index in [1.807, 2.05) is 0 Å².